The Morgan fingerprint density at radius 1 is 1.16 bits per heavy atom. The fraction of sp³-hybridized carbons (Fsp3) is 0.304. The number of nitrogens with zero attached hydrogens (tertiary/aromatic N) is 5. The molecular formula is C23H23FN6O2. The molecule has 1 aromatic carbocycles. The summed E-state index contributed by atoms with van der Waals surface area (Å²) in [6.07, 6.45) is 3.81. The van der Waals surface area contributed by atoms with E-state index in [0.29, 0.717) is 43.9 Å². The summed E-state index contributed by atoms with van der Waals surface area (Å²) in [4.78, 5) is 30.1. The number of rotatable bonds is 4. The van der Waals surface area contributed by atoms with Crippen molar-refractivity contribution in [3.8, 4) is 0 Å². The van der Waals surface area contributed by atoms with E-state index in [2.05, 4.69) is 15.4 Å². The molecule has 0 spiro atoms. The number of aryl methyl sites for hydroxylation is 2. The van der Waals surface area contributed by atoms with Crippen LogP contribution in [0.15, 0.2) is 53.5 Å². The molecule has 4 heterocycles. The number of amides is 1. The Bertz CT molecular complexity index is 1350. The quantitative estimate of drug-likeness (QED) is 0.534. The van der Waals surface area contributed by atoms with Crippen LogP contribution in [0.2, 0.25) is 0 Å². The molecule has 9 heteroatoms. The SMILES string of the molecule is Cn1ccc2ccc(C(=O)NC3CCc4nn(Cc5ccc(F)cc5)c(=O)n4CC3)nc21. The summed E-state index contributed by atoms with van der Waals surface area (Å²) in [5.74, 6) is 0.178. The van der Waals surface area contributed by atoms with Gasteiger partial charge in [-0.1, -0.05) is 12.1 Å². The van der Waals surface area contributed by atoms with Crippen LogP contribution in [-0.2, 0) is 26.6 Å². The maximum Gasteiger partial charge on any atom is 0.346 e. The first-order valence-corrected chi connectivity index (χ1v) is 10.6. The number of carbonyl (C=O) groups is 1. The first-order chi connectivity index (χ1) is 15.5. The van der Waals surface area contributed by atoms with Gasteiger partial charge in [0.2, 0.25) is 0 Å². The molecule has 32 heavy (non-hydrogen) atoms. The number of pyridine rings is 1. The van der Waals surface area contributed by atoms with E-state index in [-0.39, 0.29) is 23.5 Å². The van der Waals surface area contributed by atoms with Crippen LogP contribution < -0.4 is 11.0 Å². The number of carbonyl (C=O) groups excluding carboxylic acids is 1. The molecular weight excluding hydrogens is 411 g/mol. The van der Waals surface area contributed by atoms with Gasteiger partial charge in [0, 0.05) is 37.6 Å². The van der Waals surface area contributed by atoms with Gasteiger partial charge in [-0.2, -0.15) is 5.10 Å². The van der Waals surface area contributed by atoms with Crippen molar-refractivity contribution in [1.29, 1.82) is 0 Å². The lowest BCUT2D eigenvalue weighted by atomic mass is 10.1. The molecule has 0 saturated carbocycles. The van der Waals surface area contributed by atoms with Gasteiger partial charge in [-0.15, -0.1) is 0 Å². The highest BCUT2D eigenvalue weighted by molar-refractivity contribution is 5.94. The number of aromatic nitrogens is 5. The van der Waals surface area contributed by atoms with E-state index in [1.165, 1.54) is 16.8 Å². The summed E-state index contributed by atoms with van der Waals surface area (Å²) < 4.78 is 18.1. The van der Waals surface area contributed by atoms with Gasteiger partial charge in [0.05, 0.1) is 6.54 Å². The number of nitrogens with one attached hydrogen (secondary N) is 1. The molecule has 0 radical (unpaired) electrons. The van der Waals surface area contributed by atoms with E-state index in [1.807, 2.05) is 29.9 Å². The van der Waals surface area contributed by atoms with Crippen LogP contribution in [0.3, 0.4) is 0 Å². The van der Waals surface area contributed by atoms with Crippen LogP contribution >= 0.6 is 0 Å². The van der Waals surface area contributed by atoms with Crippen molar-refractivity contribution in [2.24, 2.45) is 7.05 Å². The molecule has 0 fully saturated rings. The molecule has 1 aliphatic rings. The van der Waals surface area contributed by atoms with Crippen molar-refractivity contribution in [3.05, 3.63) is 82.0 Å². The molecule has 1 amide bonds. The third kappa shape index (κ3) is 3.81. The maximum atomic E-state index is 13.1. The molecule has 1 N–H and O–H groups in total. The van der Waals surface area contributed by atoms with Crippen molar-refractivity contribution in [2.75, 3.05) is 0 Å². The molecule has 8 nitrogen and oxygen atoms in total. The molecule has 1 unspecified atom stereocenters. The van der Waals surface area contributed by atoms with Gasteiger partial charge in [-0.05, 0) is 48.7 Å². The van der Waals surface area contributed by atoms with Crippen molar-refractivity contribution < 1.29 is 9.18 Å². The molecule has 3 aromatic heterocycles. The normalized spacial score (nSPS) is 16.0. The highest BCUT2D eigenvalue weighted by atomic mass is 19.1. The van der Waals surface area contributed by atoms with Crippen LogP contribution in [0.25, 0.3) is 11.0 Å². The molecule has 164 valence electrons. The second-order valence-corrected chi connectivity index (χ2v) is 8.17. The van der Waals surface area contributed by atoms with E-state index >= 15 is 0 Å². The van der Waals surface area contributed by atoms with Gasteiger partial charge >= 0.3 is 5.69 Å². The zero-order valence-corrected chi connectivity index (χ0v) is 17.7. The van der Waals surface area contributed by atoms with Crippen LogP contribution in [0.1, 0.15) is 34.7 Å². The molecule has 0 aliphatic carbocycles. The van der Waals surface area contributed by atoms with Crippen LogP contribution in [0, 0.1) is 5.82 Å². The minimum atomic E-state index is -0.311. The molecule has 1 aliphatic heterocycles. The largest absolute Gasteiger partial charge is 0.348 e. The Kier molecular flexibility index (Phi) is 5.08. The lowest BCUT2D eigenvalue weighted by Crippen LogP contribution is -2.36. The summed E-state index contributed by atoms with van der Waals surface area (Å²) in [6, 6.07) is 11.6. The molecule has 0 bridgehead atoms. The number of benzene rings is 1. The Labute approximate surface area is 183 Å². The summed E-state index contributed by atoms with van der Waals surface area (Å²) in [5, 5.41) is 8.53. The van der Waals surface area contributed by atoms with Crippen molar-refractivity contribution >= 4 is 16.9 Å². The van der Waals surface area contributed by atoms with Gasteiger partial charge in [0.25, 0.3) is 5.91 Å². The molecule has 4 aromatic rings. The molecule has 5 rings (SSSR count). The first-order valence-electron chi connectivity index (χ1n) is 10.6. The Morgan fingerprint density at radius 2 is 1.97 bits per heavy atom. The van der Waals surface area contributed by atoms with Gasteiger partial charge in [-0.3, -0.25) is 9.36 Å². The van der Waals surface area contributed by atoms with E-state index in [9.17, 15) is 14.0 Å². The fourth-order valence-corrected chi connectivity index (χ4v) is 4.16. The maximum absolute atomic E-state index is 13.1. The zero-order valence-electron chi connectivity index (χ0n) is 17.7. The van der Waals surface area contributed by atoms with E-state index in [0.717, 1.165) is 16.6 Å². The van der Waals surface area contributed by atoms with Gasteiger partial charge in [0.15, 0.2) is 0 Å². The monoisotopic (exact) mass is 434 g/mol. The summed E-state index contributed by atoms with van der Waals surface area (Å²) >= 11 is 0. The summed E-state index contributed by atoms with van der Waals surface area (Å²) in [5.41, 5.74) is 1.77. The zero-order chi connectivity index (χ0) is 22.2. The minimum Gasteiger partial charge on any atom is -0.348 e. The third-order valence-electron chi connectivity index (χ3n) is 5.95. The van der Waals surface area contributed by atoms with Gasteiger partial charge < -0.3 is 9.88 Å². The van der Waals surface area contributed by atoms with E-state index < -0.39 is 0 Å². The highest BCUT2D eigenvalue weighted by Crippen LogP contribution is 2.15. The third-order valence-corrected chi connectivity index (χ3v) is 5.95. The van der Waals surface area contributed by atoms with Crippen LogP contribution in [-0.4, -0.2) is 35.8 Å². The predicted octanol–water partition coefficient (Wildman–Crippen LogP) is 2.25. The smallest absolute Gasteiger partial charge is 0.346 e. The average molecular weight is 434 g/mol. The molecule has 1 atom stereocenters. The fourth-order valence-electron chi connectivity index (χ4n) is 4.16. The van der Waals surface area contributed by atoms with Crippen molar-refractivity contribution in [3.63, 3.8) is 0 Å². The lowest BCUT2D eigenvalue weighted by molar-refractivity contribution is 0.0928. The van der Waals surface area contributed by atoms with Crippen LogP contribution in [0.4, 0.5) is 4.39 Å². The lowest BCUT2D eigenvalue weighted by Gasteiger charge is -2.15. The van der Waals surface area contributed by atoms with Gasteiger partial charge in [-0.25, -0.2) is 18.9 Å². The van der Waals surface area contributed by atoms with Crippen molar-refractivity contribution in [2.45, 2.75) is 38.4 Å². The number of hydrogen-bond donors (Lipinski definition) is 1. The Morgan fingerprint density at radius 3 is 2.78 bits per heavy atom. The molecule has 0 saturated heterocycles. The predicted molar refractivity (Wildman–Crippen MR) is 117 cm³/mol. The highest BCUT2D eigenvalue weighted by Gasteiger charge is 2.23. The first kappa shape index (κ1) is 20.2. The minimum absolute atomic E-state index is 0.0694. The Balaban J connectivity index is 1.26. The van der Waals surface area contributed by atoms with Crippen LogP contribution in [0.5, 0.6) is 0 Å². The number of halogens is 1. The number of hydrogen-bond acceptors (Lipinski definition) is 4. The number of fused-ring (bicyclic) bond motifs is 2. The van der Waals surface area contributed by atoms with E-state index in [4.69, 9.17) is 0 Å². The summed E-state index contributed by atoms with van der Waals surface area (Å²) in [7, 11) is 1.90. The van der Waals surface area contributed by atoms with Gasteiger partial charge in [0.1, 0.15) is 23.0 Å². The second kappa shape index (κ2) is 8.07. The Hall–Kier alpha value is -3.75. The summed E-state index contributed by atoms with van der Waals surface area (Å²) in [6.45, 7) is 0.777. The second-order valence-electron chi connectivity index (χ2n) is 8.17. The van der Waals surface area contributed by atoms with E-state index in [1.54, 1.807) is 22.8 Å². The van der Waals surface area contributed by atoms with Crippen molar-refractivity contribution in [1.82, 2.24) is 29.2 Å². The topological polar surface area (TPSA) is 86.7 Å². The standard InChI is InChI=1S/C23H23FN6O2/c1-28-12-10-16-4-8-19(26-21(16)28)22(31)25-18-7-9-20-27-30(23(32)29(20)13-11-18)14-15-2-5-17(24)6-3-15/h2-6,8,10,12,18H,7,9,11,13-14H2,1H3,(H,25,31). The average Bonchev–Trinajstić information content (AvgIpc) is 3.22.